The highest BCUT2D eigenvalue weighted by atomic mass is 35.5. The van der Waals surface area contributed by atoms with Crippen molar-refractivity contribution < 1.29 is 14.3 Å². The van der Waals surface area contributed by atoms with Crippen LogP contribution in [0.25, 0.3) is 10.9 Å². The minimum absolute atomic E-state index is 0.180. The molecule has 186 valence electrons. The number of H-pyrrole nitrogens is 1. The van der Waals surface area contributed by atoms with E-state index in [4.69, 9.17) is 21.1 Å². The number of nitrogens with zero attached hydrogens (tertiary/aromatic N) is 2. The number of fused-ring (bicyclic) bond motifs is 3. The van der Waals surface area contributed by atoms with Crippen LogP contribution in [-0.2, 0) is 11.2 Å². The van der Waals surface area contributed by atoms with Gasteiger partial charge in [0.05, 0.1) is 12.7 Å². The SMILES string of the molecule is CC(C)OC(=O)N1CCc2c([nH]c3ccc(Cl)cc23)C1c1ccc(OCC2CCCN(C)C2)cc1. The van der Waals surface area contributed by atoms with Crippen LogP contribution in [0.5, 0.6) is 5.75 Å². The Bertz CT molecular complexity index is 1190. The number of rotatable bonds is 5. The van der Waals surface area contributed by atoms with Crippen LogP contribution in [0.3, 0.4) is 0 Å². The second-order valence-electron chi connectivity index (χ2n) is 10.1. The Morgan fingerprint density at radius 2 is 1.97 bits per heavy atom. The highest BCUT2D eigenvalue weighted by Crippen LogP contribution is 2.40. The average molecular weight is 496 g/mol. The third kappa shape index (κ3) is 5.14. The van der Waals surface area contributed by atoms with E-state index in [-0.39, 0.29) is 18.2 Å². The molecular formula is C28H34ClN3O3. The van der Waals surface area contributed by atoms with Gasteiger partial charge in [-0.1, -0.05) is 23.7 Å². The van der Waals surface area contributed by atoms with E-state index in [1.165, 1.54) is 24.9 Å². The molecule has 0 radical (unpaired) electrons. The molecule has 7 heteroatoms. The Hall–Kier alpha value is -2.70. The number of nitrogens with one attached hydrogen (secondary N) is 1. The number of hydrogen-bond donors (Lipinski definition) is 1. The molecule has 1 aromatic heterocycles. The molecule has 6 nitrogen and oxygen atoms in total. The van der Waals surface area contributed by atoms with Gasteiger partial charge in [-0.25, -0.2) is 4.79 Å². The summed E-state index contributed by atoms with van der Waals surface area (Å²) in [6, 6.07) is 13.8. The molecule has 3 aromatic rings. The smallest absolute Gasteiger partial charge is 0.410 e. The third-order valence-corrected chi connectivity index (χ3v) is 7.30. The van der Waals surface area contributed by atoms with Crippen molar-refractivity contribution in [3.63, 3.8) is 0 Å². The maximum Gasteiger partial charge on any atom is 0.410 e. The Kier molecular flexibility index (Phi) is 6.94. The molecule has 5 rings (SSSR count). The molecule has 0 aliphatic carbocycles. The number of aromatic nitrogens is 1. The number of ether oxygens (including phenoxy) is 2. The van der Waals surface area contributed by atoms with Gasteiger partial charge in [-0.2, -0.15) is 0 Å². The van der Waals surface area contributed by atoms with Crippen molar-refractivity contribution in [2.45, 2.75) is 45.3 Å². The van der Waals surface area contributed by atoms with E-state index in [0.717, 1.165) is 47.5 Å². The lowest BCUT2D eigenvalue weighted by Crippen LogP contribution is -2.41. The van der Waals surface area contributed by atoms with E-state index in [0.29, 0.717) is 17.5 Å². The summed E-state index contributed by atoms with van der Waals surface area (Å²) in [6.07, 6.45) is 2.71. The lowest BCUT2D eigenvalue weighted by molar-refractivity contribution is 0.0655. The fourth-order valence-corrected chi connectivity index (χ4v) is 5.62. The summed E-state index contributed by atoms with van der Waals surface area (Å²) < 4.78 is 11.8. The highest BCUT2D eigenvalue weighted by Gasteiger charge is 2.35. The first-order chi connectivity index (χ1) is 16.9. The van der Waals surface area contributed by atoms with Crippen molar-refractivity contribution in [2.24, 2.45) is 5.92 Å². The largest absolute Gasteiger partial charge is 0.493 e. The van der Waals surface area contributed by atoms with Crippen molar-refractivity contribution in [1.29, 1.82) is 0 Å². The minimum Gasteiger partial charge on any atom is -0.493 e. The molecule has 35 heavy (non-hydrogen) atoms. The molecule has 2 aliphatic rings. The molecule has 0 bridgehead atoms. The van der Waals surface area contributed by atoms with E-state index >= 15 is 0 Å². The standard InChI is InChI=1S/C28H34ClN3O3/c1-18(2)35-28(33)32-14-12-23-24-15-21(29)8-11-25(24)30-26(23)27(32)20-6-9-22(10-7-20)34-17-19-5-4-13-31(3)16-19/h6-11,15,18-19,27,30H,4-5,12-14,16-17H2,1-3H3. The fraction of sp³-hybridized carbons (Fsp3) is 0.464. The molecule has 2 atom stereocenters. The Labute approximate surface area is 212 Å². The summed E-state index contributed by atoms with van der Waals surface area (Å²) in [6.45, 7) is 7.32. The molecule has 2 aromatic carbocycles. The van der Waals surface area contributed by atoms with Gasteiger partial charge in [0.15, 0.2) is 0 Å². The summed E-state index contributed by atoms with van der Waals surface area (Å²) in [4.78, 5) is 20.9. The van der Waals surface area contributed by atoms with Gasteiger partial charge >= 0.3 is 6.09 Å². The van der Waals surface area contributed by atoms with Crippen molar-refractivity contribution >= 4 is 28.6 Å². The molecule has 2 unspecified atom stereocenters. The zero-order valence-corrected chi connectivity index (χ0v) is 21.5. The van der Waals surface area contributed by atoms with Crippen LogP contribution < -0.4 is 4.74 Å². The van der Waals surface area contributed by atoms with Crippen molar-refractivity contribution in [3.05, 3.63) is 64.3 Å². The Morgan fingerprint density at radius 1 is 1.17 bits per heavy atom. The zero-order chi connectivity index (χ0) is 24.5. The first kappa shape index (κ1) is 24.0. The third-order valence-electron chi connectivity index (χ3n) is 7.06. The summed E-state index contributed by atoms with van der Waals surface area (Å²) in [5.74, 6) is 1.42. The van der Waals surface area contributed by atoms with Crippen molar-refractivity contribution in [1.82, 2.24) is 14.8 Å². The number of likely N-dealkylation sites (tertiary alicyclic amines) is 1. The van der Waals surface area contributed by atoms with Crippen LogP contribution in [0.1, 0.15) is 49.6 Å². The monoisotopic (exact) mass is 495 g/mol. The second kappa shape index (κ2) is 10.1. The number of benzene rings is 2. The van der Waals surface area contributed by atoms with Gasteiger partial charge in [-0.3, -0.25) is 4.90 Å². The molecule has 1 amide bonds. The van der Waals surface area contributed by atoms with Gasteiger partial charge in [0.2, 0.25) is 0 Å². The number of carbonyl (C=O) groups is 1. The van der Waals surface area contributed by atoms with Gasteiger partial charge in [0, 0.05) is 40.6 Å². The fourth-order valence-electron chi connectivity index (χ4n) is 5.44. The maximum atomic E-state index is 13.1. The minimum atomic E-state index is -0.297. The zero-order valence-electron chi connectivity index (χ0n) is 20.7. The molecule has 3 heterocycles. The average Bonchev–Trinajstić information content (AvgIpc) is 3.20. The number of piperidine rings is 1. The first-order valence-corrected chi connectivity index (χ1v) is 13.0. The lowest BCUT2D eigenvalue weighted by Gasteiger charge is -2.36. The van der Waals surface area contributed by atoms with E-state index in [2.05, 4.69) is 29.1 Å². The van der Waals surface area contributed by atoms with Crippen molar-refractivity contribution in [2.75, 3.05) is 33.3 Å². The Balaban J connectivity index is 1.43. The van der Waals surface area contributed by atoms with Crippen LogP contribution in [0.4, 0.5) is 4.79 Å². The van der Waals surface area contributed by atoms with E-state index in [1.54, 1.807) is 0 Å². The van der Waals surface area contributed by atoms with Crippen LogP contribution in [0.15, 0.2) is 42.5 Å². The van der Waals surface area contributed by atoms with Gasteiger partial charge < -0.3 is 19.4 Å². The van der Waals surface area contributed by atoms with Gasteiger partial charge in [0.25, 0.3) is 0 Å². The van der Waals surface area contributed by atoms with Gasteiger partial charge in [0.1, 0.15) is 11.8 Å². The van der Waals surface area contributed by atoms with E-state index in [9.17, 15) is 4.79 Å². The molecule has 1 N–H and O–H groups in total. The van der Waals surface area contributed by atoms with Crippen LogP contribution >= 0.6 is 11.6 Å². The van der Waals surface area contributed by atoms with Crippen LogP contribution in [0.2, 0.25) is 5.02 Å². The van der Waals surface area contributed by atoms with Gasteiger partial charge in [-0.05, 0) is 88.2 Å². The van der Waals surface area contributed by atoms with Crippen LogP contribution in [-0.4, -0.2) is 60.3 Å². The first-order valence-electron chi connectivity index (χ1n) is 12.6. The summed E-state index contributed by atoms with van der Waals surface area (Å²) in [5, 5.41) is 1.83. The van der Waals surface area contributed by atoms with Crippen LogP contribution in [0, 0.1) is 5.92 Å². The van der Waals surface area contributed by atoms with E-state index in [1.807, 2.05) is 49.1 Å². The summed E-state index contributed by atoms with van der Waals surface area (Å²) >= 11 is 6.30. The van der Waals surface area contributed by atoms with E-state index < -0.39 is 0 Å². The number of carbonyl (C=O) groups excluding carboxylic acids is 1. The molecular weight excluding hydrogens is 462 g/mol. The number of hydrogen-bond acceptors (Lipinski definition) is 4. The normalized spacial score (nSPS) is 20.8. The number of amides is 1. The molecule has 0 saturated carbocycles. The summed E-state index contributed by atoms with van der Waals surface area (Å²) in [7, 11) is 2.17. The molecule has 0 spiro atoms. The number of halogens is 1. The predicted molar refractivity (Wildman–Crippen MR) is 139 cm³/mol. The van der Waals surface area contributed by atoms with Gasteiger partial charge in [-0.15, -0.1) is 0 Å². The maximum absolute atomic E-state index is 13.1. The number of aromatic amines is 1. The highest BCUT2D eigenvalue weighted by molar-refractivity contribution is 6.31. The molecule has 1 saturated heterocycles. The quantitative estimate of drug-likeness (QED) is 0.469. The predicted octanol–water partition coefficient (Wildman–Crippen LogP) is 6.03. The molecule has 1 fully saturated rings. The lowest BCUT2D eigenvalue weighted by atomic mass is 9.92. The van der Waals surface area contributed by atoms with Crippen molar-refractivity contribution in [3.8, 4) is 5.75 Å². The second-order valence-corrected chi connectivity index (χ2v) is 10.6. The Morgan fingerprint density at radius 3 is 2.71 bits per heavy atom. The molecule has 2 aliphatic heterocycles. The summed E-state index contributed by atoms with van der Waals surface area (Å²) in [5.41, 5.74) is 4.28. The topological polar surface area (TPSA) is 57.8 Å².